The van der Waals surface area contributed by atoms with Gasteiger partial charge in [-0.2, -0.15) is 0 Å². The van der Waals surface area contributed by atoms with E-state index in [-0.39, 0.29) is 6.61 Å². The van der Waals surface area contributed by atoms with Gasteiger partial charge in [-0.05, 0) is 6.07 Å². The van der Waals surface area contributed by atoms with Crippen molar-refractivity contribution in [1.82, 2.24) is 9.38 Å². The summed E-state index contributed by atoms with van der Waals surface area (Å²) in [7, 11) is 0. The van der Waals surface area contributed by atoms with E-state index in [1.807, 2.05) is 28.9 Å². The van der Waals surface area contributed by atoms with Crippen LogP contribution in [0.5, 0.6) is 0 Å². The maximum Gasteiger partial charge on any atom is 0.142 e. The molecule has 2 aromatic heterocycles. The van der Waals surface area contributed by atoms with Crippen molar-refractivity contribution >= 4 is 5.65 Å². The first-order chi connectivity index (χ1) is 5.42. The van der Waals surface area contributed by atoms with Crippen LogP contribution in [-0.4, -0.2) is 14.5 Å². The van der Waals surface area contributed by atoms with Gasteiger partial charge in [0.25, 0.3) is 0 Å². The van der Waals surface area contributed by atoms with Gasteiger partial charge in [-0.3, -0.25) is 0 Å². The highest BCUT2D eigenvalue weighted by Gasteiger charge is 1.98. The van der Waals surface area contributed by atoms with Gasteiger partial charge in [-0.25, -0.2) is 4.98 Å². The van der Waals surface area contributed by atoms with E-state index >= 15 is 0 Å². The van der Waals surface area contributed by atoms with Crippen molar-refractivity contribution in [2.45, 2.75) is 6.61 Å². The topological polar surface area (TPSA) is 37.5 Å². The minimum absolute atomic E-state index is 0.0430. The predicted molar refractivity (Wildman–Crippen MR) is 41.1 cm³/mol. The third-order valence-electron chi connectivity index (χ3n) is 1.67. The van der Waals surface area contributed by atoms with E-state index in [2.05, 4.69) is 4.98 Å². The zero-order valence-electron chi connectivity index (χ0n) is 5.94. The van der Waals surface area contributed by atoms with Crippen molar-refractivity contribution in [3.8, 4) is 0 Å². The van der Waals surface area contributed by atoms with E-state index in [0.717, 1.165) is 11.2 Å². The Bertz CT molecular complexity index is 367. The van der Waals surface area contributed by atoms with E-state index in [0.29, 0.717) is 0 Å². The molecule has 0 aliphatic rings. The second-order valence-corrected chi connectivity index (χ2v) is 2.35. The van der Waals surface area contributed by atoms with Crippen LogP contribution in [0.2, 0.25) is 0 Å². The molecule has 2 heterocycles. The average Bonchev–Trinajstić information content (AvgIpc) is 2.50. The second-order valence-electron chi connectivity index (χ2n) is 2.35. The Morgan fingerprint density at radius 3 is 3.18 bits per heavy atom. The summed E-state index contributed by atoms with van der Waals surface area (Å²) in [6, 6.07) is 3.75. The fourth-order valence-electron chi connectivity index (χ4n) is 1.13. The molecular weight excluding hydrogens is 140 g/mol. The number of aromatic nitrogens is 2. The highest BCUT2D eigenvalue weighted by Crippen LogP contribution is 2.07. The molecule has 1 N–H and O–H groups in total. The van der Waals surface area contributed by atoms with Gasteiger partial charge >= 0.3 is 0 Å². The van der Waals surface area contributed by atoms with Crippen molar-refractivity contribution in [3.63, 3.8) is 0 Å². The lowest BCUT2D eigenvalue weighted by Gasteiger charge is -1.97. The molecule has 0 saturated heterocycles. The summed E-state index contributed by atoms with van der Waals surface area (Å²) in [6.07, 6.45) is 5.48. The fourth-order valence-corrected chi connectivity index (χ4v) is 1.13. The Balaban J connectivity index is 2.79. The summed E-state index contributed by atoms with van der Waals surface area (Å²) in [4.78, 5) is 4.09. The number of rotatable bonds is 1. The lowest BCUT2D eigenvalue weighted by atomic mass is 10.3. The van der Waals surface area contributed by atoms with Crippen molar-refractivity contribution in [2.75, 3.05) is 0 Å². The number of aliphatic hydroxyl groups excluding tert-OH is 1. The molecule has 2 rings (SSSR count). The number of aliphatic hydroxyl groups is 1. The maximum atomic E-state index is 8.90. The van der Waals surface area contributed by atoms with E-state index in [1.54, 1.807) is 6.20 Å². The number of hydrogen-bond donors (Lipinski definition) is 1. The monoisotopic (exact) mass is 148 g/mol. The SMILES string of the molecule is OCc1cccn2ccnc12. The van der Waals surface area contributed by atoms with E-state index in [1.165, 1.54) is 0 Å². The Kier molecular flexibility index (Phi) is 1.36. The Morgan fingerprint density at radius 1 is 1.45 bits per heavy atom. The highest BCUT2D eigenvalue weighted by atomic mass is 16.3. The molecule has 0 radical (unpaired) electrons. The van der Waals surface area contributed by atoms with E-state index in [4.69, 9.17) is 5.11 Å². The fraction of sp³-hybridized carbons (Fsp3) is 0.125. The second kappa shape index (κ2) is 2.36. The van der Waals surface area contributed by atoms with Gasteiger partial charge in [0.1, 0.15) is 5.65 Å². The Labute approximate surface area is 63.9 Å². The van der Waals surface area contributed by atoms with Crippen molar-refractivity contribution in [2.24, 2.45) is 0 Å². The van der Waals surface area contributed by atoms with Gasteiger partial charge in [0.2, 0.25) is 0 Å². The van der Waals surface area contributed by atoms with Crippen molar-refractivity contribution < 1.29 is 5.11 Å². The highest BCUT2D eigenvalue weighted by molar-refractivity contribution is 5.46. The summed E-state index contributed by atoms with van der Waals surface area (Å²) in [5.41, 5.74) is 1.69. The van der Waals surface area contributed by atoms with E-state index < -0.39 is 0 Å². The number of imidazole rings is 1. The van der Waals surface area contributed by atoms with Crippen LogP contribution in [0.3, 0.4) is 0 Å². The molecule has 0 spiro atoms. The van der Waals surface area contributed by atoms with Crippen LogP contribution in [0.25, 0.3) is 5.65 Å². The molecule has 56 valence electrons. The van der Waals surface area contributed by atoms with Gasteiger partial charge in [0.05, 0.1) is 6.61 Å². The first kappa shape index (κ1) is 6.37. The van der Waals surface area contributed by atoms with Gasteiger partial charge in [0.15, 0.2) is 0 Å². The van der Waals surface area contributed by atoms with Gasteiger partial charge < -0.3 is 9.51 Å². The van der Waals surface area contributed by atoms with Crippen molar-refractivity contribution in [3.05, 3.63) is 36.3 Å². The average molecular weight is 148 g/mol. The third-order valence-corrected chi connectivity index (χ3v) is 1.67. The number of pyridine rings is 1. The summed E-state index contributed by atoms with van der Waals surface area (Å²) in [5, 5.41) is 8.90. The van der Waals surface area contributed by atoms with Crippen LogP contribution >= 0.6 is 0 Å². The molecule has 0 aromatic carbocycles. The quantitative estimate of drug-likeness (QED) is 0.650. The summed E-state index contributed by atoms with van der Waals surface area (Å²) in [5.74, 6) is 0. The van der Waals surface area contributed by atoms with Gasteiger partial charge in [-0.1, -0.05) is 6.07 Å². The molecule has 11 heavy (non-hydrogen) atoms. The molecule has 0 atom stereocenters. The summed E-state index contributed by atoms with van der Waals surface area (Å²) in [6.45, 7) is 0.0430. The minimum Gasteiger partial charge on any atom is -0.392 e. The molecule has 3 heteroatoms. The molecule has 0 fully saturated rings. The molecule has 0 bridgehead atoms. The molecular formula is C8H8N2O. The van der Waals surface area contributed by atoms with Gasteiger partial charge in [-0.15, -0.1) is 0 Å². The number of fused-ring (bicyclic) bond motifs is 1. The molecule has 2 aromatic rings. The Hall–Kier alpha value is -1.35. The normalized spacial score (nSPS) is 10.6. The lowest BCUT2D eigenvalue weighted by molar-refractivity contribution is 0.282. The largest absolute Gasteiger partial charge is 0.392 e. The number of nitrogens with zero attached hydrogens (tertiary/aromatic N) is 2. The van der Waals surface area contributed by atoms with Crippen molar-refractivity contribution in [1.29, 1.82) is 0 Å². The minimum atomic E-state index is 0.0430. The molecule has 0 saturated carbocycles. The Morgan fingerprint density at radius 2 is 2.36 bits per heavy atom. The molecule has 3 nitrogen and oxygen atoms in total. The summed E-state index contributed by atoms with van der Waals surface area (Å²) < 4.78 is 1.88. The van der Waals surface area contributed by atoms with Crippen LogP contribution in [0.15, 0.2) is 30.7 Å². The summed E-state index contributed by atoms with van der Waals surface area (Å²) >= 11 is 0. The maximum absolute atomic E-state index is 8.90. The lowest BCUT2D eigenvalue weighted by Crippen LogP contribution is -1.90. The number of hydrogen-bond acceptors (Lipinski definition) is 2. The predicted octanol–water partition coefficient (Wildman–Crippen LogP) is 0.827. The molecule has 0 aliphatic heterocycles. The van der Waals surface area contributed by atoms with Gasteiger partial charge in [0, 0.05) is 24.2 Å². The van der Waals surface area contributed by atoms with E-state index in [9.17, 15) is 0 Å². The van der Waals surface area contributed by atoms with Crippen LogP contribution < -0.4 is 0 Å². The van der Waals surface area contributed by atoms with Crippen LogP contribution in [0.1, 0.15) is 5.56 Å². The third kappa shape index (κ3) is 0.897. The smallest absolute Gasteiger partial charge is 0.142 e. The van der Waals surface area contributed by atoms with Crippen LogP contribution in [0, 0.1) is 0 Å². The standard InChI is InChI=1S/C8H8N2O/c11-6-7-2-1-4-10-5-3-9-8(7)10/h1-5,11H,6H2. The molecule has 0 unspecified atom stereocenters. The molecule has 0 amide bonds. The first-order valence-corrected chi connectivity index (χ1v) is 3.43. The molecule has 0 aliphatic carbocycles. The first-order valence-electron chi connectivity index (χ1n) is 3.43. The van der Waals surface area contributed by atoms with Crippen LogP contribution in [-0.2, 0) is 6.61 Å². The van der Waals surface area contributed by atoms with Crippen LogP contribution in [0.4, 0.5) is 0 Å². The zero-order valence-corrected chi connectivity index (χ0v) is 5.94. The zero-order chi connectivity index (χ0) is 7.68.